The van der Waals surface area contributed by atoms with Crippen molar-refractivity contribution in [2.24, 2.45) is 11.3 Å². The molecule has 3 heterocycles. The van der Waals surface area contributed by atoms with Gasteiger partial charge in [-0.25, -0.2) is 9.59 Å². The van der Waals surface area contributed by atoms with E-state index < -0.39 is 0 Å². The van der Waals surface area contributed by atoms with E-state index >= 15 is 0 Å². The van der Waals surface area contributed by atoms with Gasteiger partial charge in [-0.1, -0.05) is 0 Å². The van der Waals surface area contributed by atoms with Gasteiger partial charge >= 0.3 is 12.1 Å². The third-order valence-electron chi connectivity index (χ3n) is 7.71. The molecule has 7 heteroatoms. The van der Waals surface area contributed by atoms with E-state index in [0.717, 1.165) is 52.0 Å². The van der Waals surface area contributed by atoms with Crippen molar-refractivity contribution in [3.8, 4) is 0 Å². The summed E-state index contributed by atoms with van der Waals surface area (Å²) in [6.07, 6.45) is 8.15. The van der Waals surface area contributed by atoms with Crippen molar-refractivity contribution in [3.05, 3.63) is 0 Å². The van der Waals surface area contributed by atoms with Crippen molar-refractivity contribution < 1.29 is 14.3 Å². The van der Waals surface area contributed by atoms with E-state index in [1.807, 2.05) is 11.8 Å². The molecule has 3 amide bonds. The molecule has 158 valence electrons. The number of likely N-dealkylation sites (tertiary alicyclic amines) is 3. The van der Waals surface area contributed by atoms with Crippen LogP contribution in [0.3, 0.4) is 0 Å². The molecule has 3 aliphatic heterocycles. The van der Waals surface area contributed by atoms with E-state index in [2.05, 4.69) is 15.1 Å². The van der Waals surface area contributed by atoms with Crippen molar-refractivity contribution >= 4 is 12.1 Å². The minimum Gasteiger partial charge on any atom is -0.450 e. The molecular weight excluding hydrogens is 356 g/mol. The van der Waals surface area contributed by atoms with Crippen molar-refractivity contribution in [1.82, 2.24) is 20.0 Å². The summed E-state index contributed by atoms with van der Waals surface area (Å²) in [4.78, 5) is 30.7. The number of carbonyl (C=O) groups excluding carboxylic acids is 2. The van der Waals surface area contributed by atoms with Crippen LogP contribution < -0.4 is 5.32 Å². The molecule has 1 aliphatic carbocycles. The number of nitrogens with zero attached hydrogens (tertiary/aromatic N) is 3. The lowest BCUT2D eigenvalue weighted by molar-refractivity contribution is -0.0144. The highest BCUT2D eigenvalue weighted by molar-refractivity contribution is 5.74. The van der Waals surface area contributed by atoms with Gasteiger partial charge in [0, 0.05) is 38.8 Å². The van der Waals surface area contributed by atoms with E-state index in [1.54, 1.807) is 7.05 Å². The van der Waals surface area contributed by atoms with Crippen LogP contribution in [0, 0.1) is 11.3 Å². The average molecular weight is 393 g/mol. The zero-order valence-electron chi connectivity index (χ0n) is 17.5. The summed E-state index contributed by atoms with van der Waals surface area (Å²) in [5.74, 6) is 0.649. The monoisotopic (exact) mass is 392 g/mol. The predicted octanol–water partition coefficient (Wildman–Crippen LogP) is 2.51. The lowest BCUT2D eigenvalue weighted by Crippen LogP contribution is -2.55. The Balaban J connectivity index is 1.23. The Kier molecular flexibility index (Phi) is 5.72. The Hall–Kier alpha value is -1.50. The second-order valence-corrected chi connectivity index (χ2v) is 9.26. The summed E-state index contributed by atoms with van der Waals surface area (Å²) in [5.41, 5.74) is 0.343. The largest absolute Gasteiger partial charge is 0.450 e. The van der Waals surface area contributed by atoms with Crippen LogP contribution in [-0.4, -0.2) is 85.3 Å². The van der Waals surface area contributed by atoms with E-state index in [-0.39, 0.29) is 12.1 Å². The molecule has 7 nitrogen and oxygen atoms in total. The first-order valence-electron chi connectivity index (χ1n) is 11.2. The quantitative estimate of drug-likeness (QED) is 0.802. The zero-order chi connectivity index (χ0) is 19.7. The SMILES string of the molecule is CCOC(=O)N1CCC2(CC(N3CCC([C@H]4CCCN4C(=O)NC)CC3)C2)C1. The Labute approximate surface area is 168 Å². The van der Waals surface area contributed by atoms with Gasteiger partial charge in [0.15, 0.2) is 0 Å². The van der Waals surface area contributed by atoms with Crippen LogP contribution in [0.25, 0.3) is 0 Å². The predicted molar refractivity (Wildman–Crippen MR) is 107 cm³/mol. The number of hydrogen-bond acceptors (Lipinski definition) is 4. The van der Waals surface area contributed by atoms with Crippen molar-refractivity contribution in [3.63, 3.8) is 0 Å². The van der Waals surface area contributed by atoms with Gasteiger partial charge in [0.2, 0.25) is 0 Å². The van der Waals surface area contributed by atoms with Crippen LogP contribution in [0.15, 0.2) is 0 Å². The molecule has 0 aromatic heterocycles. The van der Waals surface area contributed by atoms with Gasteiger partial charge in [-0.2, -0.15) is 0 Å². The van der Waals surface area contributed by atoms with Gasteiger partial charge in [0.1, 0.15) is 0 Å². The number of rotatable bonds is 3. The number of amides is 3. The van der Waals surface area contributed by atoms with Gasteiger partial charge < -0.3 is 24.8 Å². The lowest BCUT2D eigenvalue weighted by Gasteiger charge is -2.52. The summed E-state index contributed by atoms with van der Waals surface area (Å²) in [7, 11) is 1.73. The summed E-state index contributed by atoms with van der Waals surface area (Å²) in [6.45, 7) is 7.28. The van der Waals surface area contributed by atoms with Crippen LogP contribution >= 0.6 is 0 Å². The van der Waals surface area contributed by atoms with Gasteiger partial charge in [0.05, 0.1) is 6.61 Å². The molecule has 1 atom stereocenters. The molecule has 4 rings (SSSR count). The molecule has 1 saturated carbocycles. The Morgan fingerprint density at radius 2 is 1.86 bits per heavy atom. The molecule has 4 fully saturated rings. The first-order chi connectivity index (χ1) is 13.5. The Morgan fingerprint density at radius 1 is 1.11 bits per heavy atom. The summed E-state index contributed by atoms with van der Waals surface area (Å²) < 4.78 is 5.17. The third-order valence-corrected chi connectivity index (χ3v) is 7.71. The zero-order valence-corrected chi connectivity index (χ0v) is 17.5. The number of nitrogens with one attached hydrogen (secondary N) is 1. The van der Waals surface area contributed by atoms with E-state index in [1.165, 1.54) is 25.7 Å². The Morgan fingerprint density at radius 3 is 2.54 bits per heavy atom. The molecule has 1 N–H and O–H groups in total. The standard InChI is InChI=1S/C21H36N4O3/c1-3-28-20(27)24-12-8-21(15-24)13-17(14-21)23-10-6-16(7-11-23)18-5-4-9-25(18)19(26)22-2/h16-18H,3-15H2,1-2H3,(H,22,26)/t17?,18-,21?/m1/s1. The number of carbonyl (C=O) groups is 2. The molecule has 3 saturated heterocycles. The van der Waals surface area contributed by atoms with Gasteiger partial charge in [0.25, 0.3) is 0 Å². The molecular formula is C21H36N4O3. The van der Waals surface area contributed by atoms with Crippen LogP contribution in [0.5, 0.6) is 0 Å². The smallest absolute Gasteiger partial charge is 0.409 e. The molecule has 0 unspecified atom stereocenters. The molecule has 0 aromatic rings. The topological polar surface area (TPSA) is 65.1 Å². The number of piperidine rings is 1. The second kappa shape index (κ2) is 8.09. The van der Waals surface area contributed by atoms with Crippen molar-refractivity contribution in [2.45, 2.75) is 64.0 Å². The first kappa shape index (κ1) is 19.8. The van der Waals surface area contributed by atoms with Crippen LogP contribution in [0.4, 0.5) is 9.59 Å². The summed E-state index contributed by atoms with van der Waals surface area (Å²) in [6, 6.07) is 1.21. The van der Waals surface area contributed by atoms with Gasteiger partial charge in [-0.05, 0) is 76.3 Å². The van der Waals surface area contributed by atoms with Gasteiger partial charge in [-0.3, -0.25) is 0 Å². The van der Waals surface area contributed by atoms with Crippen LogP contribution in [0.2, 0.25) is 0 Å². The fraction of sp³-hybridized carbons (Fsp3) is 0.905. The fourth-order valence-corrected chi connectivity index (χ4v) is 6.18. The second-order valence-electron chi connectivity index (χ2n) is 9.26. The molecule has 0 bridgehead atoms. The highest BCUT2D eigenvalue weighted by Gasteiger charge is 2.51. The maximum atomic E-state index is 12.1. The molecule has 0 aromatic carbocycles. The number of hydrogen-bond donors (Lipinski definition) is 1. The third kappa shape index (κ3) is 3.70. The summed E-state index contributed by atoms with van der Waals surface area (Å²) >= 11 is 0. The fourth-order valence-electron chi connectivity index (χ4n) is 6.18. The average Bonchev–Trinajstić information content (AvgIpc) is 3.34. The van der Waals surface area contributed by atoms with Crippen molar-refractivity contribution in [2.75, 3.05) is 46.4 Å². The lowest BCUT2D eigenvalue weighted by atomic mass is 9.64. The molecule has 28 heavy (non-hydrogen) atoms. The minimum absolute atomic E-state index is 0.0956. The van der Waals surface area contributed by atoms with Crippen LogP contribution in [0.1, 0.15) is 51.9 Å². The molecule has 1 spiro atoms. The van der Waals surface area contributed by atoms with E-state index in [9.17, 15) is 9.59 Å². The highest BCUT2D eigenvalue weighted by atomic mass is 16.6. The molecule has 0 radical (unpaired) electrons. The van der Waals surface area contributed by atoms with Crippen molar-refractivity contribution in [1.29, 1.82) is 0 Å². The Bertz CT molecular complexity index is 584. The maximum Gasteiger partial charge on any atom is 0.409 e. The van der Waals surface area contributed by atoms with Crippen LogP contribution in [-0.2, 0) is 4.74 Å². The maximum absolute atomic E-state index is 12.1. The number of ether oxygens (including phenoxy) is 1. The summed E-state index contributed by atoms with van der Waals surface area (Å²) in [5, 5.41) is 2.81. The van der Waals surface area contributed by atoms with E-state index in [4.69, 9.17) is 4.74 Å². The van der Waals surface area contributed by atoms with E-state index in [0.29, 0.717) is 30.0 Å². The minimum atomic E-state index is -0.138. The highest BCUT2D eigenvalue weighted by Crippen LogP contribution is 2.51. The number of urea groups is 1. The van der Waals surface area contributed by atoms with Gasteiger partial charge in [-0.15, -0.1) is 0 Å². The molecule has 4 aliphatic rings. The first-order valence-corrected chi connectivity index (χ1v) is 11.2. The normalized spacial score (nSPS) is 33.9.